The minimum absolute atomic E-state index is 0.483. The summed E-state index contributed by atoms with van der Waals surface area (Å²) in [6.07, 6.45) is 0. The van der Waals surface area contributed by atoms with Crippen LogP contribution in [0.1, 0.15) is 83.1 Å². The predicted octanol–water partition coefficient (Wildman–Crippen LogP) is 14.1. The van der Waals surface area contributed by atoms with Crippen molar-refractivity contribution in [2.75, 3.05) is 0 Å². The third-order valence-corrected chi connectivity index (χ3v) is 13.5. The van der Waals surface area contributed by atoms with Crippen LogP contribution in [0.4, 0.5) is 0 Å². The highest BCUT2D eigenvalue weighted by molar-refractivity contribution is 8.05. The molecule has 0 spiro atoms. The van der Waals surface area contributed by atoms with Gasteiger partial charge in [-0.3, -0.25) is 0 Å². The molecule has 0 amide bonds. The van der Waals surface area contributed by atoms with E-state index in [0.29, 0.717) is 31.5 Å². The van der Waals surface area contributed by atoms with E-state index in [2.05, 4.69) is 178 Å². The molecule has 0 unspecified atom stereocenters. The quantitative estimate of drug-likeness (QED) is 0.108. The Labute approximate surface area is 281 Å². The first-order valence-corrected chi connectivity index (χ1v) is 20.6. The lowest BCUT2D eigenvalue weighted by molar-refractivity contribution is 1.01. The zero-order chi connectivity index (χ0) is 30.9. The monoisotopic (exact) mass is 672 g/mol. The van der Waals surface area contributed by atoms with Crippen LogP contribution in [-0.4, -0.2) is 31.5 Å². The fourth-order valence-corrected chi connectivity index (χ4v) is 12.1. The third kappa shape index (κ3) is 7.76. The molecule has 0 aliphatic heterocycles. The van der Waals surface area contributed by atoms with E-state index in [4.69, 9.17) is 0 Å². The Bertz CT molecular complexity index is 1530. The molecule has 4 aromatic carbocycles. The molecule has 4 aromatic rings. The van der Waals surface area contributed by atoms with Gasteiger partial charge in [-0.1, -0.05) is 113 Å². The molecule has 0 fully saturated rings. The minimum atomic E-state index is 0.483. The van der Waals surface area contributed by atoms with Gasteiger partial charge < -0.3 is 0 Å². The first-order valence-electron chi connectivity index (χ1n) is 15.3. The van der Waals surface area contributed by atoms with Crippen molar-refractivity contribution in [3.63, 3.8) is 0 Å². The third-order valence-electron chi connectivity index (χ3n) is 6.31. The SMILES string of the molecule is CC(C)Sc1ccc2c3ccccc3c3c(SC(C)C)c(SC(C)C)c(SC(C)C)c(SC(C)C)c3c2c1SC(C)C. The van der Waals surface area contributed by atoms with E-state index in [1.54, 1.807) is 0 Å². The molecule has 228 valence electrons. The molecule has 0 aliphatic carbocycles. The van der Waals surface area contributed by atoms with Crippen LogP contribution in [0, 0.1) is 0 Å². The Hall–Kier alpha value is -0.240. The maximum atomic E-state index is 2.43. The molecule has 0 aromatic heterocycles. The van der Waals surface area contributed by atoms with Crippen LogP contribution in [0.25, 0.3) is 32.3 Å². The van der Waals surface area contributed by atoms with Crippen LogP contribution in [0.3, 0.4) is 0 Å². The molecule has 0 heterocycles. The Morgan fingerprint density at radius 1 is 0.333 bits per heavy atom. The summed E-state index contributed by atoms with van der Waals surface area (Å²) in [6.45, 7) is 28.2. The van der Waals surface area contributed by atoms with Gasteiger partial charge in [-0.25, -0.2) is 0 Å². The number of hydrogen-bond donors (Lipinski definition) is 0. The van der Waals surface area contributed by atoms with Crippen LogP contribution in [0.2, 0.25) is 0 Å². The van der Waals surface area contributed by atoms with Crippen LogP contribution in [0.15, 0.2) is 65.8 Å². The lowest BCUT2D eigenvalue weighted by Crippen LogP contribution is -2.03. The van der Waals surface area contributed by atoms with Gasteiger partial charge in [-0.2, -0.15) is 0 Å². The van der Waals surface area contributed by atoms with E-state index in [0.717, 1.165) is 0 Å². The molecular formula is C36H48S6. The van der Waals surface area contributed by atoms with Crippen molar-refractivity contribution in [3.05, 3.63) is 36.4 Å². The van der Waals surface area contributed by atoms with Crippen LogP contribution >= 0.6 is 70.6 Å². The van der Waals surface area contributed by atoms with Crippen molar-refractivity contribution in [1.29, 1.82) is 0 Å². The van der Waals surface area contributed by atoms with Gasteiger partial charge in [0, 0.05) is 77.0 Å². The highest BCUT2D eigenvalue weighted by Crippen LogP contribution is 2.57. The number of thioether (sulfide) groups is 6. The van der Waals surface area contributed by atoms with Crippen molar-refractivity contribution < 1.29 is 0 Å². The first-order chi connectivity index (χ1) is 19.8. The molecule has 0 atom stereocenters. The Kier molecular flexibility index (Phi) is 12.3. The normalized spacial score (nSPS) is 12.7. The van der Waals surface area contributed by atoms with Crippen LogP contribution in [0.5, 0.6) is 0 Å². The van der Waals surface area contributed by atoms with Gasteiger partial charge in [0.15, 0.2) is 0 Å². The predicted molar refractivity (Wildman–Crippen MR) is 205 cm³/mol. The van der Waals surface area contributed by atoms with Gasteiger partial charge in [-0.15, -0.1) is 70.6 Å². The maximum absolute atomic E-state index is 2.43. The van der Waals surface area contributed by atoms with Crippen molar-refractivity contribution >= 4 is 103 Å². The topological polar surface area (TPSA) is 0 Å². The van der Waals surface area contributed by atoms with E-state index >= 15 is 0 Å². The van der Waals surface area contributed by atoms with Crippen molar-refractivity contribution in [3.8, 4) is 0 Å². The summed E-state index contributed by atoms with van der Waals surface area (Å²) in [7, 11) is 0. The van der Waals surface area contributed by atoms with Crippen LogP contribution in [-0.2, 0) is 0 Å². The fraction of sp³-hybridized carbons (Fsp3) is 0.500. The molecule has 0 saturated carbocycles. The van der Waals surface area contributed by atoms with E-state index in [1.807, 2.05) is 11.8 Å². The van der Waals surface area contributed by atoms with Gasteiger partial charge in [0.1, 0.15) is 0 Å². The van der Waals surface area contributed by atoms with E-state index in [9.17, 15) is 0 Å². The maximum Gasteiger partial charge on any atom is 0.0365 e. The molecule has 6 heteroatoms. The van der Waals surface area contributed by atoms with Gasteiger partial charge in [-0.05, 0) is 22.2 Å². The molecule has 0 bridgehead atoms. The molecule has 4 rings (SSSR count). The molecule has 0 nitrogen and oxygen atoms in total. The van der Waals surface area contributed by atoms with E-state index < -0.39 is 0 Å². The van der Waals surface area contributed by atoms with Crippen LogP contribution < -0.4 is 0 Å². The summed E-state index contributed by atoms with van der Waals surface area (Å²) >= 11 is 12.4. The minimum Gasteiger partial charge on any atom is -0.122 e. The second-order valence-corrected chi connectivity index (χ2v) is 22.0. The lowest BCUT2D eigenvalue weighted by atomic mass is 9.94. The Morgan fingerprint density at radius 2 is 0.690 bits per heavy atom. The van der Waals surface area contributed by atoms with E-state index in [-0.39, 0.29) is 0 Å². The van der Waals surface area contributed by atoms with Crippen molar-refractivity contribution in [1.82, 2.24) is 0 Å². The zero-order valence-corrected chi connectivity index (χ0v) is 32.3. The van der Waals surface area contributed by atoms with Crippen molar-refractivity contribution in [2.45, 2.75) is 144 Å². The molecule has 42 heavy (non-hydrogen) atoms. The zero-order valence-electron chi connectivity index (χ0n) is 27.4. The highest BCUT2D eigenvalue weighted by atomic mass is 32.2. The summed E-state index contributed by atoms with van der Waals surface area (Å²) in [5, 5.41) is 11.6. The van der Waals surface area contributed by atoms with Gasteiger partial charge in [0.2, 0.25) is 0 Å². The molecule has 0 saturated heterocycles. The number of benzene rings is 4. The summed E-state index contributed by atoms with van der Waals surface area (Å²) in [4.78, 5) is 8.85. The molecular weight excluding hydrogens is 625 g/mol. The standard InChI is InChI=1S/C36H48S6/c1-19(2)37-28-18-17-27-25-15-13-14-16-26(25)30-31(29(27)32(28)38-20(3)4)34(40-22(7)8)36(42-24(11)12)35(41-23(9)10)33(30)39-21(5)6/h13-24H,1-12H3. The van der Waals surface area contributed by atoms with E-state index in [1.165, 1.54) is 61.7 Å². The Balaban J connectivity index is 2.44. The second kappa shape index (κ2) is 14.9. The van der Waals surface area contributed by atoms with Crippen molar-refractivity contribution in [2.24, 2.45) is 0 Å². The molecule has 0 radical (unpaired) electrons. The smallest absolute Gasteiger partial charge is 0.0365 e. The fourth-order valence-electron chi connectivity index (χ4n) is 5.21. The van der Waals surface area contributed by atoms with Gasteiger partial charge in [0.25, 0.3) is 0 Å². The molecule has 0 N–H and O–H groups in total. The van der Waals surface area contributed by atoms with Gasteiger partial charge in [0.05, 0.1) is 0 Å². The first kappa shape index (κ1) is 34.6. The summed E-state index contributed by atoms with van der Waals surface area (Å²) in [5.74, 6) is 0. The number of hydrogen-bond acceptors (Lipinski definition) is 6. The lowest BCUT2D eigenvalue weighted by Gasteiger charge is -2.28. The number of rotatable bonds is 12. The summed E-state index contributed by atoms with van der Waals surface area (Å²) in [6, 6.07) is 14.0. The highest BCUT2D eigenvalue weighted by Gasteiger charge is 2.28. The number of fused-ring (bicyclic) bond motifs is 6. The average molecular weight is 673 g/mol. The Morgan fingerprint density at radius 3 is 1.17 bits per heavy atom. The second-order valence-electron chi connectivity index (χ2n) is 12.4. The summed E-state index contributed by atoms with van der Waals surface area (Å²) in [5.41, 5.74) is 0. The largest absolute Gasteiger partial charge is 0.122 e. The average Bonchev–Trinajstić information content (AvgIpc) is 2.87. The summed E-state index contributed by atoms with van der Waals surface area (Å²) < 4.78 is 0. The van der Waals surface area contributed by atoms with Gasteiger partial charge >= 0.3 is 0 Å². The molecule has 0 aliphatic rings.